The Morgan fingerprint density at radius 3 is 2.46 bits per heavy atom. The third-order valence-electron chi connectivity index (χ3n) is 4.54. The van der Waals surface area contributed by atoms with Crippen LogP contribution in [0.25, 0.3) is 0 Å². The smallest absolute Gasteiger partial charge is 0.191 e. The first-order chi connectivity index (χ1) is 13.5. The molecular formula is C22H26ClN3OS. The maximum atomic E-state index is 6.12. The van der Waals surface area contributed by atoms with Crippen LogP contribution in [0, 0.1) is 0 Å². The molecule has 1 heterocycles. The second-order valence-corrected chi connectivity index (χ2v) is 8.37. The van der Waals surface area contributed by atoms with Gasteiger partial charge in [-0.3, -0.25) is 0 Å². The maximum Gasteiger partial charge on any atom is 0.191 e. The second kappa shape index (κ2) is 9.48. The van der Waals surface area contributed by atoms with Gasteiger partial charge in [0.2, 0.25) is 0 Å². The summed E-state index contributed by atoms with van der Waals surface area (Å²) in [6, 6.07) is 16.2. The molecule has 1 atom stereocenters. The van der Waals surface area contributed by atoms with Crippen LogP contribution in [0.2, 0.25) is 5.02 Å². The Morgan fingerprint density at radius 2 is 1.82 bits per heavy atom. The second-order valence-electron chi connectivity index (χ2n) is 6.99. The van der Waals surface area contributed by atoms with E-state index in [9.17, 15) is 0 Å². The monoisotopic (exact) mass is 415 g/mol. The van der Waals surface area contributed by atoms with Crippen molar-refractivity contribution < 1.29 is 4.74 Å². The summed E-state index contributed by atoms with van der Waals surface area (Å²) < 4.78 is 8.23. The first-order valence-electron chi connectivity index (χ1n) is 9.55. The summed E-state index contributed by atoms with van der Waals surface area (Å²) >= 11 is 7.73. The Bertz CT molecular complexity index is 908. The summed E-state index contributed by atoms with van der Waals surface area (Å²) in [7, 11) is 0. The van der Waals surface area contributed by atoms with Crippen LogP contribution in [-0.4, -0.2) is 14.8 Å². The topological polar surface area (TPSA) is 39.9 Å². The maximum absolute atomic E-state index is 6.12. The molecular weight excluding hydrogens is 390 g/mol. The minimum Gasteiger partial charge on any atom is -0.483 e. The fourth-order valence-electron chi connectivity index (χ4n) is 2.97. The van der Waals surface area contributed by atoms with Crippen molar-refractivity contribution in [2.45, 2.75) is 57.2 Å². The number of aromatic nitrogens is 3. The van der Waals surface area contributed by atoms with Gasteiger partial charge in [-0.1, -0.05) is 61.5 Å². The molecule has 6 heteroatoms. The van der Waals surface area contributed by atoms with Crippen LogP contribution in [0.4, 0.5) is 0 Å². The predicted molar refractivity (Wildman–Crippen MR) is 116 cm³/mol. The molecule has 148 valence electrons. The van der Waals surface area contributed by atoms with E-state index in [4.69, 9.17) is 16.3 Å². The van der Waals surface area contributed by atoms with Crippen LogP contribution >= 0.6 is 23.4 Å². The van der Waals surface area contributed by atoms with E-state index in [1.165, 1.54) is 11.1 Å². The summed E-state index contributed by atoms with van der Waals surface area (Å²) in [6.07, 6.45) is -0.183. The Balaban J connectivity index is 1.69. The van der Waals surface area contributed by atoms with Crippen molar-refractivity contribution in [3.8, 4) is 5.75 Å². The Labute approximate surface area is 176 Å². The highest BCUT2D eigenvalue weighted by molar-refractivity contribution is 7.98. The molecule has 0 saturated heterocycles. The minimum absolute atomic E-state index is 0.183. The van der Waals surface area contributed by atoms with Crippen molar-refractivity contribution in [1.82, 2.24) is 14.8 Å². The molecule has 3 rings (SSSR count). The van der Waals surface area contributed by atoms with Crippen LogP contribution in [0.1, 0.15) is 56.7 Å². The van der Waals surface area contributed by atoms with E-state index in [0.29, 0.717) is 5.92 Å². The van der Waals surface area contributed by atoms with Crippen LogP contribution in [-0.2, 0) is 12.3 Å². The first-order valence-corrected chi connectivity index (χ1v) is 10.9. The average molecular weight is 416 g/mol. The SMILES string of the molecule is CCn1c(SCc2cccc(Cl)c2)nnc1C(C)Oc1ccc(C(C)C)cc1. The highest BCUT2D eigenvalue weighted by Crippen LogP contribution is 2.28. The van der Waals surface area contributed by atoms with Gasteiger partial charge in [-0.15, -0.1) is 10.2 Å². The van der Waals surface area contributed by atoms with E-state index >= 15 is 0 Å². The molecule has 0 amide bonds. The lowest BCUT2D eigenvalue weighted by Crippen LogP contribution is -2.12. The normalized spacial score (nSPS) is 12.4. The van der Waals surface area contributed by atoms with E-state index in [-0.39, 0.29) is 6.10 Å². The van der Waals surface area contributed by atoms with Gasteiger partial charge in [-0.2, -0.15) is 0 Å². The molecule has 1 unspecified atom stereocenters. The van der Waals surface area contributed by atoms with Crippen molar-refractivity contribution in [2.75, 3.05) is 0 Å². The third-order valence-corrected chi connectivity index (χ3v) is 5.81. The molecule has 0 fully saturated rings. The number of benzene rings is 2. The number of rotatable bonds is 8. The lowest BCUT2D eigenvalue weighted by molar-refractivity contribution is 0.210. The highest BCUT2D eigenvalue weighted by atomic mass is 35.5. The zero-order valence-corrected chi connectivity index (χ0v) is 18.3. The van der Waals surface area contributed by atoms with Crippen molar-refractivity contribution in [3.05, 3.63) is 70.5 Å². The molecule has 2 aromatic carbocycles. The van der Waals surface area contributed by atoms with E-state index in [1.54, 1.807) is 11.8 Å². The largest absolute Gasteiger partial charge is 0.483 e. The lowest BCUT2D eigenvalue weighted by Gasteiger charge is -2.16. The summed E-state index contributed by atoms with van der Waals surface area (Å²) in [4.78, 5) is 0. The standard InChI is InChI=1S/C22H26ClN3OS/c1-5-26-21(16(4)27-20-11-9-18(10-12-20)15(2)3)24-25-22(26)28-14-17-7-6-8-19(23)13-17/h6-13,15-16H,5,14H2,1-4H3. The van der Waals surface area contributed by atoms with Crippen molar-refractivity contribution in [2.24, 2.45) is 0 Å². The van der Waals surface area contributed by atoms with Gasteiger partial charge in [0, 0.05) is 17.3 Å². The molecule has 0 N–H and O–H groups in total. The third kappa shape index (κ3) is 5.09. The summed E-state index contributed by atoms with van der Waals surface area (Å²) in [5.41, 5.74) is 2.47. The average Bonchev–Trinajstić information content (AvgIpc) is 3.10. The molecule has 1 aromatic heterocycles. The van der Waals surface area contributed by atoms with Crippen LogP contribution < -0.4 is 4.74 Å². The molecule has 0 spiro atoms. The number of hydrogen-bond acceptors (Lipinski definition) is 4. The number of nitrogens with zero attached hydrogens (tertiary/aromatic N) is 3. The predicted octanol–water partition coefficient (Wildman–Crippen LogP) is 6.51. The van der Waals surface area contributed by atoms with Gasteiger partial charge in [-0.05, 0) is 55.2 Å². The van der Waals surface area contributed by atoms with Gasteiger partial charge in [0.15, 0.2) is 17.1 Å². The molecule has 0 aliphatic rings. The van der Waals surface area contributed by atoms with Gasteiger partial charge in [0.25, 0.3) is 0 Å². The molecule has 0 saturated carbocycles. The van der Waals surface area contributed by atoms with E-state index in [1.807, 2.05) is 37.3 Å². The molecule has 0 aliphatic heterocycles. The molecule has 28 heavy (non-hydrogen) atoms. The zero-order valence-electron chi connectivity index (χ0n) is 16.7. The van der Waals surface area contributed by atoms with Crippen LogP contribution in [0.15, 0.2) is 53.7 Å². The van der Waals surface area contributed by atoms with Crippen LogP contribution in [0.3, 0.4) is 0 Å². The summed E-state index contributed by atoms with van der Waals surface area (Å²) in [5, 5.41) is 10.4. The minimum atomic E-state index is -0.183. The molecule has 4 nitrogen and oxygen atoms in total. The Morgan fingerprint density at radius 1 is 1.07 bits per heavy atom. The summed E-state index contributed by atoms with van der Waals surface area (Å²) in [6.45, 7) is 9.27. The number of thioether (sulfide) groups is 1. The molecule has 0 bridgehead atoms. The van der Waals surface area contributed by atoms with E-state index in [2.05, 4.69) is 53.7 Å². The first kappa shape index (κ1) is 20.7. The Hall–Kier alpha value is -1.98. The highest BCUT2D eigenvalue weighted by Gasteiger charge is 2.19. The van der Waals surface area contributed by atoms with Crippen molar-refractivity contribution >= 4 is 23.4 Å². The summed E-state index contributed by atoms with van der Waals surface area (Å²) in [5.74, 6) is 2.98. The Kier molecular flexibility index (Phi) is 7.03. The van der Waals surface area contributed by atoms with Gasteiger partial charge in [0.05, 0.1) is 0 Å². The number of ether oxygens (including phenoxy) is 1. The van der Waals surface area contributed by atoms with E-state index in [0.717, 1.165) is 34.1 Å². The van der Waals surface area contributed by atoms with Gasteiger partial charge in [0.1, 0.15) is 5.75 Å². The fraction of sp³-hybridized carbons (Fsp3) is 0.364. The van der Waals surface area contributed by atoms with Crippen molar-refractivity contribution in [3.63, 3.8) is 0 Å². The fourth-order valence-corrected chi connectivity index (χ4v) is 4.13. The number of hydrogen-bond donors (Lipinski definition) is 0. The zero-order chi connectivity index (χ0) is 20.1. The van der Waals surface area contributed by atoms with E-state index < -0.39 is 0 Å². The quantitative estimate of drug-likeness (QED) is 0.393. The van der Waals surface area contributed by atoms with Crippen molar-refractivity contribution in [1.29, 1.82) is 0 Å². The van der Waals surface area contributed by atoms with Gasteiger partial charge >= 0.3 is 0 Å². The van der Waals surface area contributed by atoms with Crippen LogP contribution in [0.5, 0.6) is 5.75 Å². The van der Waals surface area contributed by atoms with Gasteiger partial charge in [-0.25, -0.2) is 0 Å². The van der Waals surface area contributed by atoms with Gasteiger partial charge < -0.3 is 9.30 Å². The lowest BCUT2D eigenvalue weighted by atomic mass is 10.0. The molecule has 0 radical (unpaired) electrons. The molecule has 3 aromatic rings. The molecule has 0 aliphatic carbocycles. The number of halogens is 1.